The first-order valence-corrected chi connectivity index (χ1v) is 6.72. The largest absolute Gasteiger partial charge is 0.550 e. The first-order chi connectivity index (χ1) is 9.93. The highest BCUT2D eigenvalue weighted by molar-refractivity contribution is 5.93. The van der Waals surface area contributed by atoms with E-state index < -0.39 is 17.9 Å². The number of aliphatic carboxylic acids is 1. The minimum absolute atomic E-state index is 0.0920. The first kappa shape index (κ1) is 16.7. The van der Waals surface area contributed by atoms with E-state index in [1.807, 2.05) is 0 Å². The van der Waals surface area contributed by atoms with Gasteiger partial charge in [0.25, 0.3) is 0 Å². The van der Waals surface area contributed by atoms with E-state index in [2.05, 4.69) is 5.32 Å². The lowest BCUT2D eigenvalue weighted by molar-refractivity contribution is -0.311. The zero-order chi connectivity index (χ0) is 15.8. The topological polar surface area (TPSA) is 95.5 Å². The lowest BCUT2D eigenvalue weighted by atomic mass is 10.1. The fourth-order valence-corrected chi connectivity index (χ4v) is 1.59. The summed E-state index contributed by atoms with van der Waals surface area (Å²) in [5.74, 6) is -2.53. The van der Waals surface area contributed by atoms with Crippen LogP contribution in [0.25, 0.3) is 0 Å². The van der Waals surface area contributed by atoms with Gasteiger partial charge in [-0.25, -0.2) is 4.79 Å². The van der Waals surface area contributed by atoms with Crippen LogP contribution in [0.4, 0.5) is 5.69 Å². The van der Waals surface area contributed by atoms with Gasteiger partial charge in [-0.1, -0.05) is 6.92 Å². The van der Waals surface area contributed by atoms with Crippen molar-refractivity contribution in [2.75, 3.05) is 11.9 Å². The fraction of sp³-hybridized carbons (Fsp3) is 0.400. The van der Waals surface area contributed by atoms with Crippen molar-refractivity contribution in [1.82, 2.24) is 0 Å². The molecule has 0 fully saturated rings. The molecule has 0 aliphatic rings. The van der Waals surface area contributed by atoms with Crippen LogP contribution in [0.5, 0.6) is 0 Å². The minimum atomic E-state index is -1.17. The third-order valence-corrected chi connectivity index (χ3v) is 2.89. The summed E-state index contributed by atoms with van der Waals surface area (Å²) in [6, 6.07) is 6.29. The molecule has 0 saturated carbocycles. The van der Waals surface area contributed by atoms with E-state index in [0.717, 1.165) is 0 Å². The highest BCUT2D eigenvalue weighted by atomic mass is 16.5. The van der Waals surface area contributed by atoms with Crippen LogP contribution in [0.3, 0.4) is 0 Å². The van der Waals surface area contributed by atoms with Gasteiger partial charge in [-0.2, -0.15) is 0 Å². The molecule has 0 heterocycles. The summed E-state index contributed by atoms with van der Waals surface area (Å²) < 4.78 is 4.85. The number of carbonyl (C=O) groups is 3. The number of nitrogens with one attached hydrogen (secondary N) is 1. The van der Waals surface area contributed by atoms with Crippen LogP contribution in [0.1, 0.15) is 37.0 Å². The molecular weight excluding hydrogens is 274 g/mol. The molecule has 6 nitrogen and oxygen atoms in total. The Morgan fingerprint density at radius 3 is 2.38 bits per heavy atom. The van der Waals surface area contributed by atoms with E-state index in [9.17, 15) is 19.5 Å². The second-order valence-corrected chi connectivity index (χ2v) is 4.60. The summed E-state index contributed by atoms with van der Waals surface area (Å²) in [7, 11) is 0. The van der Waals surface area contributed by atoms with Crippen molar-refractivity contribution >= 4 is 23.5 Å². The number of amides is 1. The van der Waals surface area contributed by atoms with Crippen LogP contribution in [-0.4, -0.2) is 24.5 Å². The number of anilines is 1. The fourth-order valence-electron chi connectivity index (χ4n) is 1.59. The molecule has 1 aromatic rings. The van der Waals surface area contributed by atoms with Crippen LogP contribution in [0.15, 0.2) is 24.3 Å². The Bertz CT molecular complexity index is 509. The Labute approximate surface area is 123 Å². The Morgan fingerprint density at radius 1 is 1.24 bits per heavy atom. The molecular formula is C15H18NO5-. The Balaban J connectivity index is 2.50. The van der Waals surface area contributed by atoms with Crippen molar-refractivity contribution in [2.24, 2.45) is 5.92 Å². The van der Waals surface area contributed by atoms with E-state index >= 15 is 0 Å². The monoisotopic (exact) mass is 292 g/mol. The molecule has 1 N–H and O–H groups in total. The summed E-state index contributed by atoms with van der Waals surface area (Å²) in [5.41, 5.74) is 0.939. The van der Waals surface area contributed by atoms with Crippen LogP contribution >= 0.6 is 0 Å². The normalized spacial score (nSPS) is 11.5. The average molecular weight is 292 g/mol. The predicted molar refractivity (Wildman–Crippen MR) is 74.4 cm³/mol. The zero-order valence-corrected chi connectivity index (χ0v) is 12.0. The molecule has 1 atom stereocenters. The summed E-state index contributed by atoms with van der Waals surface area (Å²) in [4.78, 5) is 33.6. The lowest BCUT2D eigenvalue weighted by Crippen LogP contribution is -2.30. The molecule has 1 amide bonds. The third kappa shape index (κ3) is 5.64. The molecule has 0 bridgehead atoms. The van der Waals surface area contributed by atoms with Gasteiger partial charge in [-0.15, -0.1) is 0 Å². The molecule has 0 radical (unpaired) electrons. The number of hydrogen-bond donors (Lipinski definition) is 1. The standard InChI is InChI=1S/C15H19NO5/c1-3-21-15(20)11-5-7-12(8-6-11)16-13(17)9-4-10(2)14(18)19/h5-8,10H,3-4,9H2,1-2H3,(H,16,17)(H,18,19)/p-1/t10-/m0/s1. The van der Waals surface area contributed by atoms with E-state index in [0.29, 0.717) is 17.9 Å². The molecule has 1 aromatic carbocycles. The predicted octanol–water partition coefficient (Wildman–Crippen LogP) is 0.968. The molecule has 6 heteroatoms. The first-order valence-electron chi connectivity index (χ1n) is 6.72. The SMILES string of the molecule is CCOC(=O)c1ccc(NC(=O)CC[C@H](C)C(=O)[O-])cc1. The van der Waals surface area contributed by atoms with Gasteiger partial charge in [0.2, 0.25) is 5.91 Å². The highest BCUT2D eigenvalue weighted by Gasteiger charge is 2.09. The number of rotatable bonds is 7. The van der Waals surface area contributed by atoms with Crippen LogP contribution in [0.2, 0.25) is 0 Å². The van der Waals surface area contributed by atoms with E-state index in [1.165, 1.54) is 6.92 Å². The minimum Gasteiger partial charge on any atom is -0.550 e. The molecule has 0 unspecified atom stereocenters. The van der Waals surface area contributed by atoms with Gasteiger partial charge in [0, 0.05) is 18.1 Å². The van der Waals surface area contributed by atoms with Gasteiger partial charge in [0.1, 0.15) is 0 Å². The maximum absolute atomic E-state index is 11.6. The average Bonchev–Trinajstić information content (AvgIpc) is 2.45. The molecule has 0 aliphatic carbocycles. The van der Waals surface area contributed by atoms with Gasteiger partial charge < -0.3 is 20.0 Å². The Kier molecular flexibility index (Phi) is 6.39. The van der Waals surface area contributed by atoms with E-state index in [4.69, 9.17) is 4.74 Å². The number of carboxylic acids is 1. The van der Waals surface area contributed by atoms with Gasteiger partial charge in [-0.3, -0.25) is 4.79 Å². The third-order valence-electron chi connectivity index (χ3n) is 2.89. The zero-order valence-electron chi connectivity index (χ0n) is 12.0. The van der Waals surface area contributed by atoms with E-state index in [-0.39, 0.29) is 18.7 Å². The molecule has 114 valence electrons. The molecule has 1 rings (SSSR count). The number of hydrogen-bond acceptors (Lipinski definition) is 5. The quantitative estimate of drug-likeness (QED) is 0.755. The molecule has 0 spiro atoms. The number of ether oxygens (including phenoxy) is 1. The van der Waals surface area contributed by atoms with Crippen molar-refractivity contribution in [3.8, 4) is 0 Å². The highest BCUT2D eigenvalue weighted by Crippen LogP contribution is 2.12. The number of benzene rings is 1. The lowest BCUT2D eigenvalue weighted by Gasteiger charge is -2.12. The van der Waals surface area contributed by atoms with Gasteiger partial charge in [-0.05, 0) is 43.5 Å². The van der Waals surface area contributed by atoms with Crippen molar-refractivity contribution < 1.29 is 24.2 Å². The molecule has 0 aliphatic heterocycles. The Hall–Kier alpha value is -2.37. The van der Waals surface area contributed by atoms with Gasteiger partial charge in [0.05, 0.1) is 12.2 Å². The van der Waals surface area contributed by atoms with Crippen molar-refractivity contribution in [2.45, 2.75) is 26.7 Å². The van der Waals surface area contributed by atoms with Crippen LogP contribution < -0.4 is 10.4 Å². The Morgan fingerprint density at radius 2 is 1.86 bits per heavy atom. The van der Waals surface area contributed by atoms with Gasteiger partial charge in [0.15, 0.2) is 0 Å². The molecule has 0 saturated heterocycles. The smallest absolute Gasteiger partial charge is 0.338 e. The maximum Gasteiger partial charge on any atom is 0.338 e. The van der Waals surface area contributed by atoms with Crippen molar-refractivity contribution in [1.29, 1.82) is 0 Å². The maximum atomic E-state index is 11.6. The number of carboxylic acid groups (broad SMARTS) is 1. The van der Waals surface area contributed by atoms with Crippen LogP contribution in [-0.2, 0) is 14.3 Å². The molecule has 0 aromatic heterocycles. The second kappa shape index (κ2) is 8.04. The summed E-state index contributed by atoms with van der Waals surface area (Å²) >= 11 is 0. The summed E-state index contributed by atoms with van der Waals surface area (Å²) in [5, 5.41) is 13.2. The summed E-state index contributed by atoms with van der Waals surface area (Å²) in [6.45, 7) is 3.52. The molecule has 21 heavy (non-hydrogen) atoms. The van der Waals surface area contributed by atoms with Gasteiger partial charge >= 0.3 is 5.97 Å². The van der Waals surface area contributed by atoms with Crippen molar-refractivity contribution in [3.63, 3.8) is 0 Å². The van der Waals surface area contributed by atoms with Crippen LogP contribution in [0, 0.1) is 5.92 Å². The van der Waals surface area contributed by atoms with Crippen molar-refractivity contribution in [3.05, 3.63) is 29.8 Å². The number of carbonyl (C=O) groups excluding carboxylic acids is 3. The second-order valence-electron chi connectivity index (χ2n) is 4.60. The summed E-state index contributed by atoms with van der Waals surface area (Å²) in [6.07, 6.45) is 0.309. The van der Waals surface area contributed by atoms with E-state index in [1.54, 1.807) is 31.2 Å². The number of esters is 1.